The molecule has 0 spiro atoms. The lowest BCUT2D eigenvalue weighted by Crippen LogP contribution is -2.10. The molecule has 0 aliphatic heterocycles. The van der Waals surface area contributed by atoms with E-state index in [9.17, 15) is 0 Å². The van der Waals surface area contributed by atoms with Gasteiger partial charge in [-0.15, -0.1) is 0 Å². The second-order valence-electron chi connectivity index (χ2n) is 6.26. The van der Waals surface area contributed by atoms with Gasteiger partial charge in [0.05, 0.1) is 0 Å². The highest BCUT2D eigenvalue weighted by molar-refractivity contribution is 5.51. The number of allylic oxidation sites excluding steroid dienone is 4. The van der Waals surface area contributed by atoms with Crippen LogP contribution in [0.3, 0.4) is 0 Å². The summed E-state index contributed by atoms with van der Waals surface area (Å²) in [6, 6.07) is 0. The summed E-state index contributed by atoms with van der Waals surface area (Å²) in [6.45, 7) is 4.68. The molecule has 4 aliphatic rings. The van der Waals surface area contributed by atoms with E-state index in [2.05, 4.69) is 13.8 Å². The van der Waals surface area contributed by atoms with Crippen molar-refractivity contribution in [2.45, 2.75) is 46.0 Å². The highest BCUT2D eigenvalue weighted by Crippen LogP contribution is 2.65. The number of fused-ring (bicyclic) bond motifs is 8. The first kappa shape index (κ1) is 8.61. The van der Waals surface area contributed by atoms with Gasteiger partial charge in [0, 0.05) is 11.8 Å². The van der Waals surface area contributed by atoms with Crippen LogP contribution < -0.4 is 0 Å². The van der Waals surface area contributed by atoms with Crippen LogP contribution in [0.25, 0.3) is 0 Å². The van der Waals surface area contributed by atoms with Crippen LogP contribution in [-0.4, -0.2) is 0 Å². The molecule has 0 N–H and O–H groups in total. The Kier molecular flexibility index (Phi) is 1.49. The summed E-state index contributed by atoms with van der Waals surface area (Å²) >= 11 is 0. The Balaban J connectivity index is 1.88. The standard InChI is InChI=1S/C15H20/c1-8(2)13-11-5-6-12(13)15-10-4-3-9(7-10)14(11)15/h9-12H,3-7H2,1-2H3/t9-,10-,11+,12+/m0/s1. The monoisotopic (exact) mass is 200 g/mol. The Hall–Kier alpha value is -0.520. The molecule has 4 bridgehead atoms. The summed E-state index contributed by atoms with van der Waals surface area (Å²) in [6.07, 6.45) is 7.53. The van der Waals surface area contributed by atoms with E-state index in [1.54, 1.807) is 5.57 Å². The normalized spacial score (nSPS) is 45.6. The van der Waals surface area contributed by atoms with Crippen molar-refractivity contribution < 1.29 is 0 Å². The van der Waals surface area contributed by atoms with Crippen molar-refractivity contribution in [3.05, 3.63) is 22.3 Å². The van der Waals surface area contributed by atoms with Gasteiger partial charge < -0.3 is 0 Å². The van der Waals surface area contributed by atoms with E-state index in [1.807, 2.05) is 16.7 Å². The van der Waals surface area contributed by atoms with Crippen LogP contribution in [0, 0.1) is 23.7 Å². The molecule has 80 valence electrons. The fraction of sp³-hybridized carbons (Fsp3) is 0.733. The number of hydrogen-bond donors (Lipinski definition) is 0. The number of rotatable bonds is 0. The largest absolute Gasteiger partial charge is 0.0760 e. The molecular weight excluding hydrogens is 180 g/mol. The van der Waals surface area contributed by atoms with E-state index in [0.29, 0.717) is 0 Å². The first-order valence-corrected chi connectivity index (χ1v) is 6.68. The second kappa shape index (κ2) is 2.59. The van der Waals surface area contributed by atoms with E-state index in [1.165, 1.54) is 32.1 Å². The molecular formula is C15H20. The van der Waals surface area contributed by atoms with Crippen LogP contribution in [0.15, 0.2) is 22.3 Å². The Morgan fingerprint density at radius 1 is 0.867 bits per heavy atom. The van der Waals surface area contributed by atoms with Gasteiger partial charge in [-0.2, -0.15) is 0 Å². The van der Waals surface area contributed by atoms with Crippen LogP contribution in [-0.2, 0) is 0 Å². The summed E-state index contributed by atoms with van der Waals surface area (Å²) in [5, 5.41) is 0. The van der Waals surface area contributed by atoms with Gasteiger partial charge in [0.1, 0.15) is 0 Å². The van der Waals surface area contributed by atoms with Gasteiger partial charge >= 0.3 is 0 Å². The molecule has 4 atom stereocenters. The molecule has 0 heterocycles. The van der Waals surface area contributed by atoms with Gasteiger partial charge in [-0.3, -0.25) is 0 Å². The molecule has 2 fully saturated rings. The summed E-state index contributed by atoms with van der Waals surface area (Å²) in [7, 11) is 0. The van der Waals surface area contributed by atoms with E-state index < -0.39 is 0 Å². The molecule has 0 unspecified atom stereocenters. The van der Waals surface area contributed by atoms with E-state index in [4.69, 9.17) is 0 Å². The molecule has 0 nitrogen and oxygen atoms in total. The minimum atomic E-state index is 0.922. The van der Waals surface area contributed by atoms with Crippen molar-refractivity contribution >= 4 is 0 Å². The summed E-state index contributed by atoms with van der Waals surface area (Å²) in [5.41, 5.74) is 7.41. The zero-order valence-electron chi connectivity index (χ0n) is 9.84. The van der Waals surface area contributed by atoms with Crippen LogP contribution in [0.2, 0.25) is 0 Å². The molecule has 15 heavy (non-hydrogen) atoms. The fourth-order valence-electron chi connectivity index (χ4n) is 5.22. The third kappa shape index (κ3) is 0.859. The molecule has 2 saturated carbocycles. The SMILES string of the molecule is CC(C)=C1[C@H]2CC[C@H]1C1=C2[C@H]2CC[C@H]1C2. The maximum absolute atomic E-state index is 2.34. The van der Waals surface area contributed by atoms with Crippen LogP contribution in [0.4, 0.5) is 0 Å². The van der Waals surface area contributed by atoms with Crippen LogP contribution >= 0.6 is 0 Å². The Morgan fingerprint density at radius 3 is 1.87 bits per heavy atom. The molecule has 0 saturated heterocycles. The van der Waals surface area contributed by atoms with Gasteiger partial charge in [0.2, 0.25) is 0 Å². The quantitative estimate of drug-likeness (QED) is 0.408. The maximum Gasteiger partial charge on any atom is 0.00215 e. The van der Waals surface area contributed by atoms with E-state index in [-0.39, 0.29) is 0 Å². The fourth-order valence-corrected chi connectivity index (χ4v) is 5.22. The lowest BCUT2D eigenvalue weighted by atomic mass is 9.82. The number of hydrogen-bond acceptors (Lipinski definition) is 0. The van der Waals surface area contributed by atoms with Crippen LogP contribution in [0.5, 0.6) is 0 Å². The van der Waals surface area contributed by atoms with Crippen molar-refractivity contribution in [3.63, 3.8) is 0 Å². The van der Waals surface area contributed by atoms with Gasteiger partial charge in [-0.25, -0.2) is 0 Å². The molecule has 0 aromatic carbocycles. The Morgan fingerprint density at radius 2 is 1.40 bits per heavy atom. The van der Waals surface area contributed by atoms with Crippen molar-refractivity contribution in [2.75, 3.05) is 0 Å². The summed E-state index contributed by atoms with van der Waals surface area (Å²) in [4.78, 5) is 0. The third-order valence-electron chi connectivity index (χ3n) is 5.47. The summed E-state index contributed by atoms with van der Waals surface area (Å²) in [5.74, 6) is 3.89. The van der Waals surface area contributed by atoms with E-state index in [0.717, 1.165) is 23.7 Å². The minimum Gasteiger partial charge on any atom is -0.0760 e. The van der Waals surface area contributed by atoms with Crippen molar-refractivity contribution in [3.8, 4) is 0 Å². The third-order valence-corrected chi connectivity index (χ3v) is 5.47. The highest BCUT2D eigenvalue weighted by Gasteiger charge is 2.53. The first-order valence-electron chi connectivity index (χ1n) is 6.68. The second-order valence-corrected chi connectivity index (χ2v) is 6.26. The average Bonchev–Trinajstić information content (AvgIpc) is 2.95. The highest BCUT2D eigenvalue weighted by atomic mass is 14.6. The smallest absolute Gasteiger partial charge is 0.00215 e. The Bertz CT molecular complexity index is 362. The van der Waals surface area contributed by atoms with Crippen molar-refractivity contribution in [1.82, 2.24) is 0 Å². The van der Waals surface area contributed by atoms with E-state index >= 15 is 0 Å². The van der Waals surface area contributed by atoms with Gasteiger partial charge in [0.25, 0.3) is 0 Å². The average molecular weight is 200 g/mol. The Labute approximate surface area is 92.4 Å². The zero-order valence-corrected chi connectivity index (χ0v) is 9.84. The molecule has 0 aromatic rings. The zero-order chi connectivity index (χ0) is 10.2. The predicted molar refractivity (Wildman–Crippen MR) is 62.4 cm³/mol. The van der Waals surface area contributed by atoms with Gasteiger partial charge in [-0.1, -0.05) is 22.3 Å². The lowest BCUT2D eigenvalue weighted by molar-refractivity contribution is 0.530. The molecule has 4 rings (SSSR count). The molecule has 0 amide bonds. The molecule has 0 heteroatoms. The summed E-state index contributed by atoms with van der Waals surface area (Å²) < 4.78 is 0. The van der Waals surface area contributed by atoms with Gasteiger partial charge in [-0.05, 0) is 57.8 Å². The minimum absolute atomic E-state index is 0.922. The van der Waals surface area contributed by atoms with Gasteiger partial charge in [0.15, 0.2) is 0 Å². The predicted octanol–water partition coefficient (Wildman–Crippen LogP) is 4.09. The topological polar surface area (TPSA) is 0 Å². The first-order chi connectivity index (χ1) is 7.27. The molecule has 0 aromatic heterocycles. The van der Waals surface area contributed by atoms with Crippen molar-refractivity contribution in [1.29, 1.82) is 0 Å². The van der Waals surface area contributed by atoms with Crippen LogP contribution in [0.1, 0.15) is 46.0 Å². The molecule has 0 radical (unpaired) electrons. The lowest BCUT2D eigenvalue weighted by Gasteiger charge is -2.22. The molecule has 4 aliphatic carbocycles. The van der Waals surface area contributed by atoms with Crippen molar-refractivity contribution in [2.24, 2.45) is 23.7 Å². The maximum atomic E-state index is 2.34.